The van der Waals surface area contributed by atoms with E-state index in [1.165, 1.54) is 12.1 Å². The maximum absolute atomic E-state index is 11.9. The minimum absolute atomic E-state index is 0.120. The molecule has 0 amide bonds. The van der Waals surface area contributed by atoms with Gasteiger partial charge in [-0.15, -0.1) is 0 Å². The Balaban J connectivity index is 2.67. The van der Waals surface area contributed by atoms with Crippen LogP contribution in [0.1, 0.15) is 28.8 Å². The Morgan fingerprint density at radius 1 is 1.42 bits per heavy atom. The lowest BCUT2D eigenvalue weighted by Gasteiger charge is -2.11. The first kappa shape index (κ1) is 15.1. The van der Waals surface area contributed by atoms with E-state index in [2.05, 4.69) is 0 Å². The third kappa shape index (κ3) is 4.69. The van der Waals surface area contributed by atoms with Crippen molar-refractivity contribution in [1.82, 2.24) is 0 Å². The van der Waals surface area contributed by atoms with E-state index in [0.717, 1.165) is 0 Å². The lowest BCUT2D eigenvalue weighted by atomic mass is 10.1. The van der Waals surface area contributed by atoms with E-state index < -0.39 is 18.6 Å². The van der Waals surface area contributed by atoms with Gasteiger partial charge in [0.25, 0.3) is 0 Å². The van der Waals surface area contributed by atoms with Crippen molar-refractivity contribution in [1.29, 1.82) is 0 Å². The van der Waals surface area contributed by atoms with Crippen molar-refractivity contribution in [2.24, 2.45) is 0 Å². The standard InChI is InChI=1S/C12H14F3NO3/c1-7-5-8(6-9(10(7)16)11(17)18)19-4-2-3-12(13,14)15/h5-6H,2-4,16H2,1H3,(H,17,18). The van der Waals surface area contributed by atoms with Crippen LogP contribution < -0.4 is 10.5 Å². The van der Waals surface area contributed by atoms with Gasteiger partial charge in [0.05, 0.1) is 12.2 Å². The van der Waals surface area contributed by atoms with Crippen molar-refractivity contribution >= 4 is 11.7 Å². The summed E-state index contributed by atoms with van der Waals surface area (Å²) in [6, 6.07) is 2.70. The van der Waals surface area contributed by atoms with Gasteiger partial charge in [-0.05, 0) is 31.0 Å². The number of nitrogen functional groups attached to an aromatic ring is 1. The quantitative estimate of drug-likeness (QED) is 0.641. The second-order valence-electron chi connectivity index (χ2n) is 4.07. The summed E-state index contributed by atoms with van der Waals surface area (Å²) in [4.78, 5) is 10.9. The normalized spacial score (nSPS) is 11.4. The highest BCUT2D eigenvalue weighted by Gasteiger charge is 2.26. The summed E-state index contributed by atoms with van der Waals surface area (Å²) in [5.41, 5.74) is 6.09. The van der Waals surface area contributed by atoms with Gasteiger partial charge < -0.3 is 15.6 Å². The van der Waals surface area contributed by atoms with E-state index in [0.29, 0.717) is 5.56 Å². The first-order chi connectivity index (χ1) is 8.70. The predicted octanol–water partition coefficient (Wildman–Crippen LogP) is 3.00. The molecule has 7 heteroatoms. The van der Waals surface area contributed by atoms with Gasteiger partial charge in [-0.3, -0.25) is 0 Å². The number of carboxylic acids is 1. The Kier molecular flexibility index (Phi) is 4.63. The number of alkyl halides is 3. The molecule has 0 heterocycles. The van der Waals surface area contributed by atoms with Crippen LogP contribution in [0.4, 0.5) is 18.9 Å². The van der Waals surface area contributed by atoms with Crippen LogP contribution >= 0.6 is 0 Å². The van der Waals surface area contributed by atoms with Gasteiger partial charge >= 0.3 is 12.1 Å². The van der Waals surface area contributed by atoms with Gasteiger partial charge in [-0.2, -0.15) is 13.2 Å². The van der Waals surface area contributed by atoms with Crippen molar-refractivity contribution in [3.05, 3.63) is 23.3 Å². The first-order valence-electron chi connectivity index (χ1n) is 5.53. The van der Waals surface area contributed by atoms with Crippen LogP contribution in [-0.2, 0) is 0 Å². The molecule has 0 aromatic heterocycles. The van der Waals surface area contributed by atoms with E-state index >= 15 is 0 Å². The number of aryl methyl sites for hydroxylation is 1. The summed E-state index contributed by atoms with van der Waals surface area (Å²) in [6.07, 6.45) is -5.34. The van der Waals surface area contributed by atoms with Crippen molar-refractivity contribution in [2.45, 2.75) is 25.9 Å². The molecule has 0 aliphatic carbocycles. The molecular formula is C12H14F3NO3. The van der Waals surface area contributed by atoms with Crippen LogP contribution in [-0.4, -0.2) is 23.9 Å². The molecule has 0 atom stereocenters. The van der Waals surface area contributed by atoms with Gasteiger partial charge in [0.15, 0.2) is 0 Å². The van der Waals surface area contributed by atoms with Gasteiger partial charge in [0.1, 0.15) is 5.75 Å². The summed E-state index contributed by atoms with van der Waals surface area (Å²) in [5.74, 6) is -1.01. The third-order valence-corrected chi connectivity index (χ3v) is 2.46. The number of halogens is 3. The van der Waals surface area contributed by atoms with Gasteiger partial charge in [-0.25, -0.2) is 4.79 Å². The summed E-state index contributed by atoms with van der Waals surface area (Å²) < 4.78 is 40.9. The average molecular weight is 277 g/mol. The van der Waals surface area contributed by atoms with Gasteiger partial charge in [-0.1, -0.05) is 0 Å². The fraction of sp³-hybridized carbons (Fsp3) is 0.417. The van der Waals surface area contributed by atoms with Crippen LogP contribution in [0.2, 0.25) is 0 Å². The molecular weight excluding hydrogens is 263 g/mol. The minimum Gasteiger partial charge on any atom is -0.494 e. The van der Waals surface area contributed by atoms with Crippen LogP contribution in [0.15, 0.2) is 12.1 Å². The first-order valence-corrected chi connectivity index (χ1v) is 5.53. The maximum atomic E-state index is 11.9. The number of benzene rings is 1. The predicted molar refractivity (Wildman–Crippen MR) is 63.3 cm³/mol. The monoisotopic (exact) mass is 277 g/mol. The zero-order valence-electron chi connectivity index (χ0n) is 10.3. The van der Waals surface area contributed by atoms with Gasteiger partial charge in [0.2, 0.25) is 0 Å². The zero-order valence-corrected chi connectivity index (χ0v) is 10.3. The number of nitrogens with two attached hydrogens (primary N) is 1. The molecule has 0 saturated carbocycles. The molecule has 1 aromatic carbocycles. The van der Waals surface area contributed by atoms with Crippen LogP contribution in [0.25, 0.3) is 0 Å². The number of hydrogen-bond donors (Lipinski definition) is 2. The third-order valence-electron chi connectivity index (χ3n) is 2.46. The van der Waals surface area contributed by atoms with Crippen molar-refractivity contribution in [2.75, 3.05) is 12.3 Å². The minimum atomic E-state index is -4.22. The van der Waals surface area contributed by atoms with E-state index in [1.807, 2.05) is 0 Å². The highest BCUT2D eigenvalue weighted by atomic mass is 19.4. The van der Waals surface area contributed by atoms with Crippen molar-refractivity contribution in [3.63, 3.8) is 0 Å². The molecule has 0 unspecified atom stereocenters. The maximum Gasteiger partial charge on any atom is 0.389 e. The molecule has 0 bridgehead atoms. The number of aromatic carboxylic acids is 1. The smallest absolute Gasteiger partial charge is 0.389 e. The fourth-order valence-corrected chi connectivity index (χ4v) is 1.49. The Hall–Kier alpha value is -1.92. The lowest BCUT2D eigenvalue weighted by Crippen LogP contribution is -2.10. The number of hydrogen-bond acceptors (Lipinski definition) is 3. The highest BCUT2D eigenvalue weighted by molar-refractivity contribution is 5.95. The molecule has 0 aliphatic heterocycles. The lowest BCUT2D eigenvalue weighted by molar-refractivity contribution is -0.136. The number of carboxylic acid groups (broad SMARTS) is 1. The Morgan fingerprint density at radius 3 is 2.58 bits per heavy atom. The molecule has 1 rings (SSSR count). The van der Waals surface area contributed by atoms with E-state index in [1.54, 1.807) is 6.92 Å². The summed E-state index contributed by atoms with van der Waals surface area (Å²) >= 11 is 0. The molecule has 0 fully saturated rings. The molecule has 106 valence electrons. The van der Waals surface area contributed by atoms with E-state index in [9.17, 15) is 18.0 Å². The topological polar surface area (TPSA) is 72.5 Å². The molecule has 0 spiro atoms. The Labute approximate surface area is 108 Å². The highest BCUT2D eigenvalue weighted by Crippen LogP contribution is 2.25. The van der Waals surface area contributed by atoms with E-state index in [4.69, 9.17) is 15.6 Å². The molecule has 0 saturated heterocycles. The zero-order chi connectivity index (χ0) is 14.6. The summed E-state index contributed by atoms with van der Waals surface area (Å²) in [6.45, 7) is 1.46. The number of rotatable bonds is 5. The average Bonchev–Trinajstić information content (AvgIpc) is 2.27. The van der Waals surface area contributed by atoms with E-state index in [-0.39, 0.29) is 30.0 Å². The molecule has 0 radical (unpaired) electrons. The Bertz CT molecular complexity index is 472. The SMILES string of the molecule is Cc1cc(OCCCC(F)(F)F)cc(C(=O)O)c1N. The Morgan fingerprint density at radius 2 is 2.05 bits per heavy atom. The number of carbonyl (C=O) groups is 1. The summed E-state index contributed by atoms with van der Waals surface area (Å²) in [7, 11) is 0. The fourth-order valence-electron chi connectivity index (χ4n) is 1.49. The second kappa shape index (κ2) is 5.81. The number of ether oxygens (including phenoxy) is 1. The molecule has 0 aliphatic rings. The molecule has 1 aromatic rings. The second-order valence-corrected chi connectivity index (χ2v) is 4.07. The molecule has 3 N–H and O–H groups in total. The van der Waals surface area contributed by atoms with Crippen molar-refractivity contribution < 1.29 is 27.8 Å². The summed E-state index contributed by atoms with van der Waals surface area (Å²) in [5, 5.41) is 8.91. The van der Waals surface area contributed by atoms with Gasteiger partial charge in [0, 0.05) is 12.1 Å². The van der Waals surface area contributed by atoms with Crippen LogP contribution in [0, 0.1) is 6.92 Å². The molecule has 19 heavy (non-hydrogen) atoms. The number of anilines is 1. The van der Waals surface area contributed by atoms with Crippen LogP contribution in [0.5, 0.6) is 5.75 Å². The largest absolute Gasteiger partial charge is 0.494 e. The van der Waals surface area contributed by atoms with Crippen molar-refractivity contribution in [3.8, 4) is 5.75 Å². The molecule has 4 nitrogen and oxygen atoms in total. The van der Waals surface area contributed by atoms with Crippen LogP contribution in [0.3, 0.4) is 0 Å².